The highest BCUT2D eigenvalue weighted by Crippen LogP contribution is 2.29. The summed E-state index contributed by atoms with van der Waals surface area (Å²) in [6.45, 7) is 2.96. The third kappa shape index (κ3) is 3.26. The molecule has 8 nitrogen and oxygen atoms in total. The van der Waals surface area contributed by atoms with Crippen LogP contribution < -0.4 is 10.2 Å². The van der Waals surface area contributed by atoms with E-state index in [0.29, 0.717) is 29.7 Å². The fourth-order valence-corrected chi connectivity index (χ4v) is 2.96. The molecule has 0 unspecified atom stereocenters. The van der Waals surface area contributed by atoms with Gasteiger partial charge in [-0.15, -0.1) is 5.10 Å². The van der Waals surface area contributed by atoms with Crippen molar-refractivity contribution in [1.82, 2.24) is 19.6 Å². The molecule has 0 atom stereocenters. The zero-order valence-electron chi connectivity index (χ0n) is 13.2. The van der Waals surface area contributed by atoms with Crippen LogP contribution in [0, 0.1) is 0 Å². The molecular weight excluding hydrogens is 344 g/mol. The molecule has 1 N–H and O–H groups in total. The van der Waals surface area contributed by atoms with E-state index in [1.807, 2.05) is 12.1 Å². The van der Waals surface area contributed by atoms with Gasteiger partial charge in [-0.2, -0.15) is 4.98 Å². The summed E-state index contributed by atoms with van der Waals surface area (Å²) in [5.74, 6) is 0.00103. The third-order valence-electron chi connectivity index (χ3n) is 3.88. The van der Waals surface area contributed by atoms with E-state index in [1.165, 1.54) is 4.52 Å². The van der Waals surface area contributed by atoms with Crippen LogP contribution in [0.4, 0.5) is 11.4 Å². The normalized spacial score (nSPS) is 14.7. The van der Waals surface area contributed by atoms with Gasteiger partial charge >= 0.3 is 0 Å². The van der Waals surface area contributed by atoms with Crippen molar-refractivity contribution in [2.75, 3.05) is 36.5 Å². The summed E-state index contributed by atoms with van der Waals surface area (Å²) in [5.41, 5.74) is 1.51. The van der Waals surface area contributed by atoms with E-state index < -0.39 is 5.91 Å². The van der Waals surface area contributed by atoms with Crippen molar-refractivity contribution in [3.05, 3.63) is 47.5 Å². The Morgan fingerprint density at radius 3 is 2.88 bits per heavy atom. The maximum atomic E-state index is 12.3. The van der Waals surface area contributed by atoms with E-state index in [-0.39, 0.29) is 5.82 Å². The number of benzene rings is 1. The van der Waals surface area contributed by atoms with Crippen LogP contribution in [-0.2, 0) is 4.74 Å². The molecule has 1 aliphatic heterocycles. The molecule has 4 rings (SSSR count). The predicted molar refractivity (Wildman–Crippen MR) is 93.2 cm³/mol. The molecule has 1 aromatic carbocycles. The Bertz CT molecular complexity index is 889. The highest BCUT2D eigenvalue weighted by molar-refractivity contribution is 6.33. The number of hydrogen-bond donors (Lipinski definition) is 1. The lowest BCUT2D eigenvalue weighted by molar-refractivity contribution is 0.101. The van der Waals surface area contributed by atoms with E-state index in [2.05, 4.69) is 25.3 Å². The smallest absolute Gasteiger partial charge is 0.295 e. The Morgan fingerprint density at radius 2 is 2.12 bits per heavy atom. The molecular formula is C16H15ClN6O2. The SMILES string of the molecule is O=C(Nc1ccc(N2CCOCC2)c(Cl)c1)c1nc2ncccn2n1. The van der Waals surface area contributed by atoms with Gasteiger partial charge in [0.25, 0.3) is 11.7 Å². The van der Waals surface area contributed by atoms with Crippen LogP contribution in [0.25, 0.3) is 5.78 Å². The molecule has 0 radical (unpaired) electrons. The second-order valence-electron chi connectivity index (χ2n) is 5.52. The maximum absolute atomic E-state index is 12.3. The number of nitrogens with zero attached hydrogens (tertiary/aromatic N) is 5. The van der Waals surface area contributed by atoms with E-state index in [1.54, 1.807) is 24.5 Å². The van der Waals surface area contributed by atoms with Gasteiger partial charge in [0.2, 0.25) is 5.82 Å². The summed E-state index contributed by atoms with van der Waals surface area (Å²) in [4.78, 5) is 22.6. The molecule has 0 saturated carbocycles. The van der Waals surface area contributed by atoms with Gasteiger partial charge in [-0.1, -0.05) is 11.6 Å². The average Bonchev–Trinajstić information content (AvgIpc) is 3.07. The van der Waals surface area contributed by atoms with Crippen LogP contribution in [0.3, 0.4) is 0 Å². The zero-order chi connectivity index (χ0) is 17.2. The molecule has 1 saturated heterocycles. The highest BCUT2D eigenvalue weighted by Gasteiger charge is 2.17. The molecule has 9 heteroatoms. The van der Waals surface area contributed by atoms with Gasteiger partial charge in [-0.05, 0) is 24.3 Å². The first-order valence-electron chi connectivity index (χ1n) is 7.82. The van der Waals surface area contributed by atoms with Crippen molar-refractivity contribution >= 4 is 34.7 Å². The lowest BCUT2D eigenvalue weighted by Crippen LogP contribution is -2.36. The van der Waals surface area contributed by atoms with Crippen molar-refractivity contribution in [3.63, 3.8) is 0 Å². The van der Waals surface area contributed by atoms with Crippen LogP contribution in [0.1, 0.15) is 10.6 Å². The number of amides is 1. The number of hydrogen-bond acceptors (Lipinski definition) is 6. The quantitative estimate of drug-likeness (QED) is 0.769. The number of anilines is 2. The summed E-state index contributed by atoms with van der Waals surface area (Å²) in [5, 5.41) is 7.43. The molecule has 3 aromatic rings. The van der Waals surface area contributed by atoms with Gasteiger partial charge in [0, 0.05) is 31.2 Å². The molecule has 1 fully saturated rings. The van der Waals surface area contributed by atoms with Crippen molar-refractivity contribution in [3.8, 4) is 0 Å². The second-order valence-corrected chi connectivity index (χ2v) is 5.93. The fraction of sp³-hybridized carbons (Fsp3) is 0.250. The van der Waals surface area contributed by atoms with E-state index in [4.69, 9.17) is 16.3 Å². The Balaban J connectivity index is 1.52. The van der Waals surface area contributed by atoms with E-state index in [0.717, 1.165) is 18.8 Å². The van der Waals surface area contributed by atoms with E-state index in [9.17, 15) is 4.79 Å². The summed E-state index contributed by atoms with van der Waals surface area (Å²) in [6, 6.07) is 7.14. The van der Waals surface area contributed by atoms with Crippen molar-refractivity contribution < 1.29 is 9.53 Å². The van der Waals surface area contributed by atoms with Crippen LogP contribution >= 0.6 is 11.6 Å². The topological polar surface area (TPSA) is 84.7 Å². The molecule has 0 spiro atoms. The van der Waals surface area contributed by atoms with Crippen LogP contribution in [0.15, 0.2) is 36.7 Å². The Hall–Kier alpha value is -2.71. The molecule has 128 valence electrons. The molecule has 1 aliphatic rings. The fourth-order valence-electron chi connectivity index (χ4n) is 2.66. The van der Waals surface area contributed by atoms with Gasteiger partial charge in [-0.25, -0.2) is 9.50 Å². The van der Waals surface area contributed by atoms with Crippen LogP contribution in [-0.4, -0.2) is 51.8 Å². The lowest BCUT2D eigenvalue weighted by Gasteiger charge is -2.29. The highest BCUT2D eigenvalue weighted by atomic mass is 35.5. The predicted octanol–water partition coefficient (Wildman–Crippen LogP) is 1.87. The number of rotatable bonds is 3. The molecule has 25 heavy (non-hydrogen) atoms. The first-order chi connectivity index (χ1) is 12.2. The van der Waals surface area contributed by atoms with E-state index >= 15 is 0 Å². The standard InChI is InChI=1S/C16H15ClN6O2/c17-12-10-11(2-3-13(12)22-6-8-25-9-7-22)19-15(24)14-20-16-18-4-1-5-23(16)21-14/h1-5,10H,6-9H2,(H,19,24). The number of aromatic nitrogens is 4. The summed E-state index contributed by atoms with van der Waals surface area (Å²) < 4.78 is 6.80. The zero-order valence-corrected chi connectivity index (χ0v) is 14.0. The number of halogens is 1. The Morgan fingerprint density at radius 1 is 1.28 bits per heavy atom. The number of fused-ring (bicyclic) bond motifs is 1. The van der Waals surface area contributed by atoms with Crippen LogP contribution in [0.5, 0.6) is 0 Å². The first-order valence-corrected chi connectivity index (χ1v) is 8.19. The average molecular weight is 359 g/mol. The summed E-state index contributed by atoms with van der Waals surface area (Å²) in [6.07, 6.45) is 3.27. The summed E-state index contributed by atoms with van der Waals surface area (Å²) >= 11 is 6.38. The largest absolute Gasteiger partial charge is 0.378 e. The second kappa shape index (κ2) is 6.66. The molecule has 0 aliphatic carbocycles. The van der Waals surface area contributed by atoms with Crippen molar-refractivity contribution in [2.45, 2.75) is 0 Å². The van der Waals surface area contributed by atoms with Gasteiger partial charge in [0.15, 0.2) is 0 Å². The molecule has 1 amide bonds. The summed E-state index contributed by atoms with van der Waals surface area (Å²) in [7, 11) is 0. The molecule has 3 heterocycles. The first kappa shape index (κ1) is 15.8. The Labute approximate surface area is 148 Å². The van der Waals surface area contributed by atoms with Gasteiger partial charge in [0.05, 0.1) is 23.9 Å². The lowest BCUT2D eigenvalue weighted by atomic mass is 10.2. The monoisotopic (exact) mass is 358 g/mol. The van der Waals surface area contributed by atoms with Gasteiger partial charge < -0.3 is 15.0 Å². The van der Waals surface area contributed by atoms with Crippen LogP contribution in [0.2, 0.25) is 5.02 Å². The Kier molecular flexibility index (Phi) is 4.21. The molecule has 0 bridgehead atoms. The number of morpholine rings is 1. The number of ether oxygens (including phenoxy) is 1. The number of carbonyl (C=O) groups excluding carboxylic acids is 1. The van der Waals surface area contributed by atoms with Crippen molar-refractivity contribution in [1.29, 1.82) is 0 Å². The maximum Gasteiger partial charge on any atom is 0.295 e. The minimum Gasteiger partial charge on any atom is -0.378 e. The van der Waals surface area contributed by atoms with Gasteiger partial charge in [0.1, 0.15) is 0 Å². The van der Waals surface area contributed by atoms with Gasteiger partial charge in [-0.3, -0.25) is 4.79 Å². The number of nitrogens with one attached hydrogen (secondary N) is 1. The number of carbonyl (C=O) groups is 1. The minimum atomic E-state index is -0.416. The van der Waals surface area contributed by atoms with Crippen molar-refractivity contribution in [2.24, 2.45) is 0 Å². The minimum absolute atomic E-state index is 0.0482. The third-order valence-corrected chi connectivity index (χ3v) is 4.18. The molecule has 2 aromatic heterocycles.